The first-order valence-corrected chi connectivity index (χ1v) is 11.3. The van der Waals surface area contributed by atoms with E-state index in [1.54, 1.807) is 17.1 Å². The average molecular weight is 434 g/mol. The second-order valence-electron chi connectivity index (χ2n) is 9.37. The van der Waals surface area contributed by atoms with Gasteiger partial charge in [-0.25, -0.2) is 8.78 Å². The topological polar surface area (TPSA) is 51.0 Å². The summed E-state index contributed by atoms with van der Waals surface area (Å²) in [5, 5.41) is 4.34. The van der Waals surface area contributed by atoms with Crippen molar-refractivity contribution in [1.29, 1.82) is 0 Å². The molecule has 2 fully saturated rings. The van der Waals surface area contributed by atoms with Crippen molar-refractivity contribution in [3.05, 3.63) is 59.8 Å². The molecule has 5 nitrogen and oxygen atoms in total. The molecule has 3 aliphatic rings. The Hall–Kier alpha value is -3.09. The maximum absolute atomic E-state index is 14.9. The minimum Gasteiger partial charge on any atom is -0.331 e. The molecule has 0 saturated heterocycles. The van der Waals surface area contributed by atoms with Crippen molar-refractivity contribution in [2.24, 2.45) is 0 Å². The van der Waals surface area contributed by atoms with Gasteiger partial charge in [0, 0.05) is 41.0 Å². The third kappa shape index (κ3) is 3.40. The Labute approximate surface area is 185 Å². The van der Waals surface area contributed by atoms with Crippen LogP contribution in [0.5, 0.6) is 0 Å². The van der Waals surface area contributed by atoms with Gasteiger partial charge in [-0.2, -0.15) is 5.10 Å². The molecule has 1 aromatic carbocycles. The molecule has 0 N–H and O–H groups in total. The van der Waals surface area contributed by atoms with Crippen LogP contribution >= 0.6 is 0 Å². The van der Waals surface area contributed by atoms with Gasteiger partial charge in [0.25, 0.3) is 5.91 Å². The second-order valence-corrected chi connectivity index (χ2v) is 9.37. The van der Waals surface area contributed by atoms with Gasteiger partial charge in [-0.3, -0.25) is 14.5 Å². The van der Waals surface area contributed by atoms with Crippen LogP contribution < -0.4 is 0 Å². The zero-order valence-corrected chi connectivity index (χ0v) is 17.7. The summed E-state index contributed by atoms with van der Waals surface area (Å²) in [6.07, 6.45) is 9.62. The van der Waals surface area contributed by atoms with E-state index in [-0.39, 0.29) is 12.5 Å². The maximum atomic E-state index is 14.9. The summed E-state index contributed by atoms with van der Waals surface area (Å²) in [6, 6.07) is 7.56. The van der Waals surface area contributed by atoms with Crippen molar-refractivity contribution in [1.82, 2.24) is 19.7 Å². The summed E-state index contributed by atoms with van der Waals surface area (Å²) < 4.78 is 30.7. The fourth-order valence-corrected chi connectivity index (χ4v) is 5.09. The summed E-state index contributed by atoms with van der Waals surface area (Å²) in [7, 11) is 0. The van der Waals surface area contributed by atoms with E-state index in [0.717, 1.165) is 36.8 Å². The van der Waals surface area contributed by atoms with E-state index in [2.05, 4.69) is 10.1 Å². The van der Waals surface area contributed by atoms with Crippen molar-refractivity contribution < 1.29 is 13.6 Å². The molecular weight excluding hydrogens is 410 g/mol. The van der Waals surface area contributed by atoms with E-state index in [1.165, 1.54) is 12.3 Å². The van der Waals surface area contributed by atoms with E-state index in [9.17, 15) is 13.6 Å². The van der Waals surface area contributed by atoms with Gasteiger partial charge < -0.3 is 4.90 Å². The van der Waals surface area contributed by atoms with Gasteiger partial charge in [-0.05, 0) is 43.4 Å². The van der Waals surface area contributed by atoms with Gasteiger partial charge in [-0.15, -0.1) is 0 Å². The number of benzene rings is 1. The highest BCUT2D eigenvalue weighted by molar-refractivity contribution is 6.00. The molecule has 6 rings (SSSR count). The predicted octanol–water partition coefficient (Wildman–Crippen LogP) is 5.15. The van der Waals surface area contributed by atoms with Gasteiger partial charge >= 0.3 is 0 Å². The van der Waals surface area contributed by atoms with Crippen LogP contribution in [0.4, 0.5) is 8.78 Å². The zero-order valence-electron chi connectivity index (χ0n) is 17.7. The molecule has 32 heavy (non-hydrogen) atoms. The predicted molar refractivity (Wildman–Crippen MR) is 116 cm³/mol. The number of aromatic nitrogens is 3. The number of nitrogens with zero attached hydrogens (tertiary/aromatic N) is 4. The second kappa shape index (κ2) is 7.22. The fraction of sp³-hybridized carbons (Fsp3) is 0.400. The van der Waals surface area contributed by atoms with Crippen LogP contribution in [0.3, 0.4) is 0 Å². The number of alkyl halides is 1. The highest BCUT2D eigenvalue weighted by Crippen LogP contribution is 2.38. The lowest BCUT2D eigenvalue weighted by Crippen LogP contribution is -2.25. The van der Waals surface area contributed by atoms with Crippen molar-refractivity contribution in [2.75, 3.05) is 0 Å². The van der Waals surface area contributed by atoms with E-state index < -0.39 is 11.5 Å². The number of rotatable bonds is 5. The van der Waals surface area contributed by atoms with Crippen LogP contribution in [0.2, 0.25) is 0 Å². The van der Waals surface area contributed by atoms with Crippen molar-refractivity contribution in [3.63, 3.8) is 0 Å². The minimum atomic E-state index is -1.22. The third-order valence-electron chi connectivity index (χ3n) is 6.95. The van der Waals surface area contributed by atoms with Gasteiger partial charge in [0.05, 0.1) is 24.6 Å². The normalized spacial score (nSPS) is 19.6. The Bertz CT molecular complexity index is 1210. The SMILES string of the molecule is O=C1c2cc(-c3ncc(F)cc3-c3cnn(CC4(F)CCCC4)c3)ccc2CN1C1CC1. The van der Waals surface area contributed by atoms with E-state index in [1.807, 2.05) is 23.1 Å². The summed E-state index contributed by atoms with van der Waals surface area (Å²) in [4.78, 5) is 19.2. The van der Waals surface area contributed by atoms with E-state index in [4.69, 9.17) is 0 Å². The third-order valence-corrected chi connectivity index (χ3v) is 6.95. The van der Waals surface area contributed by atoms with Crippen LogP contribution in [0.1, 0.15) is 54.4 Å². The first-order chi connectivity index (χ1) is 15.5. The standard InChI is InChI=1S/C25H24F2N4O/c26-19-10-21(18-11-29-30(13-18)15-25(27)7-1-2-8-25)23(28-12-19)16-3-4-17-14-31(20-5-6-20)24(32)22(17)9-16/h3-4,9-13,20H,1-2,5-8,14-15H2. The molecule has 0 atom stereocenters. The Kier molecular flexibility index (Phi) is 4.42. The Morgan fingerprint density at radius 3 is 2.66 bits per heavy atom. The largest absolute Gasteiger partial charge is 0.331 e. The molecule has 1 amide bonds. The van der Waals surface area contributed by atoms with Gasteiger partial charge in [0.2, 0.25) is 0 Å². The lowest BCUT2D eigenvalue weighted by Gasteiger charge is -2.18. The summed E-state index contributed by atoms with van der Waals surface area (Å²) in [6.45, 7) is 0.857. The Balaban J connectivity index is 1.35. The Morgan fingerprint density at radius 2 is 1.88 bits per heavy atom. The first-order valence-electron chi connectivity index (χ1n) is 11.3. The minimum absolute atomic E-state index is 0.0608. The lowest BCUT2D eigenvalue weighted by molar-refractivity contribution is 0.0766. The number of hydrogen-bond acceptors (Lipinski definition) is 3. The number of carbonyl (C=O) groups excluding carboxylic acids is 1. The molecule has 2 saturated carbocycles. The number of hydrogen-bond donors (Lipinski definition) is 0. The molecule has 164 valence electrons. The van der Waals surface area contributed by atoms with Gasteiger partial charge in [-0.1, -0.05) is 25.0 Å². The van der Waals surface area contributed by atoms with Gasteiger partial charge in [0.1, 0.15) is 11.5 Å². The average Bonchev–Trinajstić information content (AvgIpc) is 3.22. The number of amides is 1. The molecule has 0 radical (unpaired) electrons. The fourth-order valence-electron chi connectivity index (χ4n) is 5.09. The summed E-state index contributed by atoms with van der Waals surface area (Å²) in [5.41, 5.74) is 3.10. The highest BCUT2D eigenvalue weighted by atomic mass is 19.1. The van der Waals surface area contributed by atoms with E-state index in [0.29, 0.717) is 47.8 Å². The quantitative estimate of drug-likeness (QED) is 0.558. The van der Waals surface area contributed by atoms with E-state index >= 15 is 0 Å². The number of fused-ring (bicyclic) bond motifs is 1. The molecule has 7 heteroatoms. The number of carbonyl (C=O) groups is 1. The molecule has 3 heterocycles. The van der Waals surface area contributed by atoms with Crippen molar-refractivity contribution in [3.8, 4) is 22.4 Å². The molecule has 0 spiro atoms. The van der Waals surface area contributed by atoms with Crippen LogP contribution in [0.15, 0.2) is 42.9 Å². The molecule has 2 aromatic heterocycles. The number of halogens is 2. The van der Waals surface area contributed by atoms with Crippen LogP contribution in [-0.4, -0.2) is 37.3 Å². The molecule has 0 bridgehead atoms. The van der Waals surface area contributed by atoms with Crippen molar-refractivity contribution in [2.45, 2.75) is 63.3 Å². The first kappa shape index (κ1) is 19.6. The molecular formula is C25H24F2N4O. The molecule has 0 unspecified atom stereocenters. The highest BCUT2D eigenvalue weighted by Gasteiger charge is 2.38. The zero-order chi connectivity index (χ0) is 21.9. The van der Waals surface area contributed by atoms with Crippen LogP contribution in [0, 0.1) is 5.82 Å². The van der Waals surface area contributed by atoms with Gasteiger partial charge in [0.15, 0.2) is 0 Å². The van der Waals surface area contributed by atoms with Crippen LogP contribution in [-0.2, 0) is 13.1 Å². The Morgan fingerprint density at radius 1 is 1.06 bits per heavy atom. The monoisotopic (exact) mass is 434 g/mol. The molecule has 3 aromatic rings. The molecule has 1 aliphatic heterocycles. The maximum Gasteiger partial charge on any atom is 0.254 e. The summed E-state index contributed by atoms with van der Waals surface area (Å²) in [5.74, 6) is -0.392. The molecule has 2 aliphatic carbocycles. The smallest absolute Gasteiger partial charge is 0.254 e. The summed E-state index contributed by atoms with van der Waals surface area (Å²) >= 11 is 0. The van der Waals surface area contributed by atoms with Crippen LogP contribution in [0.25, 0.3) is 22.4 Å². The number of pyridine rings is 1. The van der Waals surface area contributed by atoms with Crippen molar-refractivity contribution >= 4 is 5.91 Å². The lowest BCUT2D eigenvalue weighted by atomic mass is 9.98.